The Labute approximate surface area is 195 Å². The number of nitrogens with one attached hydrogen (secondary N) is 2. The van der Waals surface area contributed by atoms with E-state index in [2.05, 4.69) is 22.8 Å². The fraction of sp³-hybridized carbons (Fsp3) is 0.640. The minimum atomic E-state index is -0.987. The fourth-order valence-corrected chi connectivity index (χ4v) is 4.72. The second-order valence-electron chi connectivity index (χ2n) is 9.58. The number of carbonyl (C=O) groups excluding carboxylic acids is 3. The van der Waals surface area contributed by atoms with E-state index in [1.807, 2.05) is 18.2 Å². The molecule has 8 heteroatoms. The third-order valence-electron chi connectivity index (χ3n) is 6.75. The molecule has 2 atom stereocenters. The molecule has 8 nitrogen and oxygen atoms in total. The first kappa shape index (κ1) is 25.0. The number of benzene rings is 1. The van der Waals surface area contributed by atoms with Crippen LogP contribution in [0.3, 0.4) is 0 Å². The second kappa shape index (κ2) is 12.0. The third kappa shape index (κ3) is 8.35. The zero-order valence-electron chi connectivity index (χ0n) is 19.3. The summed E-state index contributed by atoms with van der Waals surface area (Å²) >= 11 is 0. The van der Waals surface area contributed by atoms with Crippen molar-refractivity contribution in [2.45, 2.75) is 88.3 Å². The van der Waals surface area contributed by atoms with Gasteiger partial charge in [-0.05, 0) is 43.6 Å². The Morgan fingerprint density at radius 2 is 1.82 bits per heavy atom. The van der Waals surface area contributed by atoms with Crippen LogP contribution in [0.5, 0.6) is 0 Å². The standard InChI is InChI=1S/C25H37N3O5/c26-24(32)33-21(15-18-7-3-1-4-8-18)23(31)27-20(17-29)11-12-22(30)28-25(13-14-25)16-19-9-5-2-6-10-19/h2,5-6,9-10,18,20-21,29H,1,3-4,7-8,11-17H2,(H2,26,32)(H,27,31)(H,28,30)/t20-,21-/m0/s1. The van der Waals surface area contributed by atoms with Gasteiger partial charge < -0.3 is 26.2 Å². The molecule has 3 amide bonds. The average molecular weight is 460 g/mol. The van der Waals surface area contributed by atoms with Crippen LogP contribution in [-0.2, 0) is 20.7 Å². The predicted molar refractivity (Wildman–Crippen MR) is 124 cm³/mol. The van der Waals surface area contributed by atoms with E-state index >= 15 is 0 Å². The van der Waals surface area contributed by atoms with E-state index < -0.39 is 24.1 Å². The molecule has 2 fully saturated rings. The summed E-state index contributed by atoms with van der Waals surface area (Å²) in [6, 6.07) is 9.47. The summed E-state index contributed by atoms with van der Waals surface area (Å²) < 4.78 is 5.08. The Hall–Kier alpha value is -2.61. The number of hydrogen-bond donors (Lipinski definition) is 4. The van der Waals surface area contributed by atoms with Gasteiger partial charge in [0.2, 0.25) is 5.91 Å². The summed E-state index contributed by atoms with van der Waals surface area (Å²) in [4.78, 5) is 36.6. The van der Waals surface area contributed by atoms with E-state index in [0.29, 0.717) is 18.8 Å². The quantitative estimate of drug-likeness (QED) is 0.382. The monoisotopic (exact) mass is 459 g/mol. The van der Waals surface area contributed by atoms with E-state index in [0.717, 1.165) is 44.9 Å². The number of primary amides is 1. The molecule has 0 radical (unpaired) electrons. The number of hydrogen-bond acceptors (Lipinski definition) is 5. The maximum absolute atomic E-state index is 12.8. The van der Waals surface area contributed by atoms with Crippen molar-refractivity contribution in [1.29, 1.82) is 0 Å². The maximum Gasteiger partial charge on any atom is 0.405 e. The molecule has 0 aromatic heterocycles. The van der Waals surface area contributed by atoms with E-state index in [1.54, 1.807) is 0 Å². The van der Waals surface area contributed by atoms with Crippen molar-refractivity contribution in [1.82, 2.24) is 10.6 Å². The molecule has 0 spiro atoms. The Balaban J connectivity index is 1.46. The number of nitrogens with two attached hydrogens (primary N) is 1. The first-order chi connectivity index (χ1) is 15.9. The first-order valence-electron chi connectivity index (χ1n) is 12.1. The molecule has 5 N–H and O–H groups in total. The lowest BCUT2D eigenvalue weighted by atomic mass is 9.85. The molecule has 0 heterocycles. The molecule has 33 heavy (non-hydrogen) atoms. The molecular formula is C25H37N3O5. The number of carbonyl (C=O) groups is 3. The van der Waals surface area contributed by atoms with Crippen LogP contribution < -0.4 is 16.4 Å². The van der Waals surface area contributed by atoms with Gasteiger partial charge in [0.15, 0.2) is 6.10 Å². The lowest BCUT2D eigenvalue weighted by Crippen LogP contribution is -2.46. The largest absolute Gasteiger partial charge is 0.436 e. The van der Waals surface area contributed by atoms with Gasteiger partial charge >= 0.3 is 6.09 Å². The molecule has 0 aliphatic heterocycles. The zero-order valence-corrected chi connectivity index (χ0v) is 19.3. The SMILES string of the molecule is NC(=O)O[C@@H](CC1CCCCC1)C(=O)N[C@H](CO)CCC(=O)NC1(Cc2ccccc2)CC1. The summed E-state index contributed by atoms with van der Waals surface area (Å²) in [5.74, 6) is -0.253. The fourth-order valence-electron chi connectivity index (χ4n) is 4.72. The van der Waals surface area contributed by atoms with Crippen LogP contribution in [0.1, 0.15) is 69.8 Å². The predicted octanol–water partition coefficient (Wildman–Crippen LogP) is 2.57. The molecular weight excluding hydrogens is 422 g/mol. The number of aliphatic hydroxyl groups excluding tert-OH is 1. The van der Waals surface area contributed by atoms with E-state index in [-0.39, 0.29) is 24.5 Å². The summed E-state index contributed by atoms with van der Waals surface area (Å²) in [6.45, 7) is -0.305. The van der Waals surface area contributed by atoms with Crippen molar-refractivity contribution in [2.24, 2.45) is 11.7 Å². The van der Waals surface area contributed by atoms with Crippen LogP contribution in [0.15, 0.2) is 30.3 Å². The minimum Gasteiger partial charge on any atom is -0.436 e. The summed E-state index contributed by atoms with van der Waals surface area (Å²) in [7, 11) is 0. The highest BCUT2D eigenvalue weighted by Gasteiger charge is 2.43. The van der Waals surface area contributed by atoms with Crippen molar-refractivity contribution >= 4 is 17.9 Å². The number of ether oxygens (including phenoxy) is 1. The van der Waals surface area contributed by atoms with Gasteiger partial charge in [-0.25, -0.2) is 4.79 Å². The third-order valence-corrected chi connectivity index (χ3v) is 6.75. The number of amides is 3. The first-order valence-corrected chi connectivity index (χ1v) is 12.1. The Bertz CT molecular complexity index is 790. The summed E-state index contributed by atoms with van der Waals surface area (Å²) in [5, 5.41) is 15.6. The molecule has 3 rings (SSSR count). The van der Waals surface area contributed by atoms with Gasteiger partial charge in [0.1, 0.15) is 0 Å². The molecule has 0 bridgehead atoms. The van der Waals surface area contributed by atoms with E-state index in [4.69, 9.17) is 10.5 Å². The van der Waals surface area contributed by atoms with E-state index in [1.165, 1.54) is 12.0 Å². The molecule has 0 unspecified atom stereocenters. The lowest BCUT2D eigenvalue weighted by Gasteiger charge is -2.27. The Kier molecular flexibility index (Phi) is 9.11. The molecule has 0 saturated heterocycles. The van der Waals surface area contributed by atoms with Gasteiger partial charge in [-0.15, -0.1) is 0 Å². The molecule has 2 aliphatic rings. The zero-order chi connectivity index (χ0) is 23.7. The van der Waals surface area contributed by atoms with Crippen LogP contribution in [0.2, 0.25) is 0 Å². The highest BCUT2D eigenvalue weighted by Crippen LogP contribution is 2.38. The van der Waals surface area contributed by atoms with Crippen molar-refractivity contribution in [3.63, 3.8) is 0 Å². The summed E-state index contributed by atoms with van der Waals surface area (Å²) in [5.41, 5.74) is 6.18. The smallest absolute Gasteiger partial charge is 0.405 e. The van der Waals surface area contributed by atoms with Crippen LogP contribution in [0.25, 0.3) is 0 Å². The van der Waals surface area contributed by atoms with Crippen LogP contribution in [0, 0.1) is 5.92 Å². The van der Waals surface area contributed by atoms with Crippen molar-refractivity contribution < 1.29 is 24.2 Å². The van der Waals surface area contributed by atoms with Crippen LogP contribution in [-0.4, -0.2) is 47.3 Å². The molecule has 1 aromatic carbocycles. The maximum atomic E-state index is 12.8. The van der Waals surface area contributed by atoms with Crippen LogP contribution >= 0.6 is 0 Å². The second-order valence-corrected chi connectivity index (χ2v) is 9.58. The lowest BCUT2D eigenvalue weighted by molar-refractivity contribution is -0.132. The van der Waals surface area contributed by atoms with Gasteiger partial charge in [-0.3, -0.25) is 9.59 Å². The van der Waals surface area contributed by atoms with Gasteiger partial charge in [0.25, 0.3) is 5.91 Å². The molecule has 1 aromatic rings. The highest BCUT2D eigenvalue weighted by atomic mass is 16.6. The van der Waals surface area contributed by atoms with Crippen molar-refractivity contribution in [3.05, 3.63) is 35.9 Å². The van der Waals surface area contributed by atoms with Crippen molar-refractivity contribution in [3.8, 4) is 0 Å². The molecule has 2 saturated carbocycles. The van der Waals surface area contributed by atoms with Gasteiger partial charge in [0, 0.05) is 12.0 Å². The van der Waals surface area contributed by atoms with E-state index in [9.17, 15) is 19.5 Å². The topological polar surface area (TPSA) is 131 Å². The number of aliphatic hydroxyl groups is 1. The Morgan fingerprint density at radius 3 is 2.42 bits per heavy atom. The molecule has 182 valence electrons. The van der Waals surface area contributed by atoms with Crippen LogP contribution in [0.4, 0.5) is 4.79 Å². The molecule has 2 aliphatic carbocycles. The van der Waals surface area contributed by atoms with Gasteiger partial charge in [-0.2, -0.15) is 0 Å². The average Bonchev–Trinajstić information content (AvgIpc) is 3.55. The number of rotatable bonds is 12. The summed E-state index contributed by atoms with van der Waals surface area (Å²) in [6.07, 6.45) is 7.03. The van der Waals surface area contributed by atoms with Gasteiger partial charge in [-0.1, -0.05) is 62.4 Å². The normalized spacial score (nSPS) is 19.2. The van der Waals surface area contributed by atoms with Gasteiger partial charge in [0.05, 0.1) is 12.6 Å². The Morgan fingerprint density at radius 1 is 1.12 bits per heavy atom. The highest BCUT2D eigenvalue weighted by molar-refractivity contribution is 5.83. The minimum absolute atomic E-state index is 0.0942. The van der Waals surface area contributed by atoms with Crippen molar-refractivity contribution in [2.75, 3.05) is 6.61 Å².